The molecule has 288 valence electrons. The van der Waals surface area contributed by atoms with E-state index in [0.717, 1.165) is 28.1 Å². The monoisotopic (exact) mass is 768 g/mol. The van der Waals surface area contributed by atoms with Gasteiger partial charge in [0.05, 0.1) is 35.2 Å². The Balaban J connectivity index is 1.25. The average molecular weight is 769 g/mol. The molecule has 0 bridgehead atoms. The zero-order valence-corrected chi connectivity index (χ0v) is 32.9. The van der Waals surface area contributed by atoms with E-state index in [9.17, 15) is 34.9 Å². The van der Waals surface area contributed by atoms with Gasteiger partial charge in [-0.25, -0.2) is 9.37 Å². The van der Waals surface area contributed by atoms with Gasteiger partial charge in [-0.15, -0.1) is 0 Å². The van der Waals surface area contributed by atoms with E-state index < -0.39 is 23.9 Å². The van der Waals surface area contributed by atoms with Crippen molar-refractivity contribution in [1.29, 1.82) is 0 Å². The summed E-state index contributed by atoms with van der Waals surface area (Å²) in [7, 11) is 5.71. The standard InChI is InChI=1S/C40H45N5O9Si/c1-42(2)27-13-16-31-36(24-27)55(5,6)37-25-28(43(3)4)14-17-32(37)38(31)33-23-26(12-15-29(33)40(47)48)39(46)41-18-20-54-22-21-53-19-8-9-30-34(44(49)50)10-7-11-35(30)45(51)52/h7,10-17,23-25H,8-9,18-22H2,1-6H3,(H-,41,46,47,48)/p+1. The van der Waals surface area contributed by atoms with E-state index in [1.54, 1.807) is 6.07 Å². The maximum atomic E-state index is 13.4. The Labute approximate surface area is 320 Å². The first-order valence-electron chi connectivity index (χ1n) is 17.9. The predicted octanol–water partition coefficient (Wildman–Crippen LogP) is 5.14. The highest BCUT2D eigenvalue weighted by Gasteiger charge is 2.41. The van der Waals surface area contributed by atoms with Gasteiger partial charge in [0.15, 0.2) is 5.71 Å². The number of nitro groups is 2. The van der Waals surface area contributed by atoms with Gasteiger partial charge in [0.25, 0.3) is 17.3 Å². The maximum Gasteiger partial charge on any atom is 0.336 e. The molecule has 0 unspecified atom stereocenters. The number of nitrogens with one attached hydrogen (secondary N) is 1. The molecule has 2 N–H and O–H groups in total. The Kier molecular flexibility index (Phi) is 12.6. The van der Waals surface area contributed by atoms with Crippen molar-refractivity contribution in [2.24, 2.45) is 0 Å². The number of hydrogen-bond donors (Lipinski definition) is 2. The second kappa shape index (κ2) is 17.1. The van der Waals surface area contributed by atoms with Crippen LogP contribution in [0.5, 0.6) is 0 Å². The third-order valence-corrected chi connectivity index (χ3v) is 13.4. The van der Waals surface area contributed by atoms with Gasteiger partial charge in [-0.1, -0.05) is 19.2 Å². The van der Waals surface area contributed by atoms with Gasteiger partial charge in [0, 0.05) is 62.8 Å². The number of carboxylic acids is 1. The van der Waals surface area contributed by atoms with E-state index in [1.807, 2.05) is 40.3 Å². The first kappa shape index (κ1) is 40.4. The number of carbonyl (C=O) groups is 2. The van der Waals surface area contributed by atoms with Gasteiger partial charge in [0.1, 0.15) is 27.7 Å². The quantitative estimate of drug-likeness (QED) is 0.0652. The number of carbonyl (C=O) groups excluding carboxylic acids is 1. The Morgan fingerprint density at radius 3 is 2.16 bits per heavy atom. The molecule has 0 spiro atoms. The van der Waals surface area contributed by atoms with Gasteiger partial charge >= 0.3 is 5.97 Å². The third kappa shape index (κ3) is 8.80. The fraction of sp³-hybridized carbons (Fsp3) is 0.325. The molecule has 0 saturated carbocycles. The van der Waals surface area contributed by atoms with Crippen LogP contribution in [-0.2, 0) is 15.9 Å². The van der Waals surface area contributed by atoms with Crippen LogP contribution in [-0.4, -0.2) is 106 Å². The van der Waals surface area contributed by atoms with Crippen molar-refractivity contribution in [1.82, 2.24) is 5.32 Å². The number of ether oxygens (including phenoxy) is 2. The summed E-state index contributed by atoms with van der Waals surface area (Å²) in [6.45, 7) is 5.68. The van der Waals surface area contributed by atoms with Crippen LogP contribution < -0.4 is 15.4 Å². The second-order valence-electron chi connectivity index (χ2n) is 14.2. The summed E-state index contributed by atoms with van der Waals surface area (Å²) in [5.41, 5.74) is 5.17. The number of anilines is 1. The SMILES string of the molecule is CN(C)c1ccc2c(c1)[Si](C)(C)C1=CC(=[N+](C)C)C=CC1=C2c1cc(C(=O)NCCOCCOCCCc2c([N+](=O)[O-])cccc2[N+](=O)[O-])ccc1C(=O)O. The number of allylic oxidation sites excluding steroid dienone is 5. The molecule has 1 aliphatic carbocycles. The summed E-state index contributed by atoms with van der Waals surface area (Å²) < 4.78 is 13.2. The highest BCUT2D eigenvalue weighted by molar-refractivity contribution is 6.98. The number of benzene rings is 3. The summed E-state index contributed by atoms with van der Waals surface area (Å²) in [6.07, 6.45) is 6.77. The van der Waals surface area contributed by atoms with Crippen LogP contribution in [0.15, 0.2) is 83.6 Å². The molecule has 14 nitrogen and oxygen atoms in total. The molecule has 1 heterocycles. The number of rotatable bonds is 16. The lowest BCUT2D eigenvalue weighted by Crippen LogP contribution is -2.49. The molecular formula is C40H46N5O9Si+. The minimum Gasteiger partial charge on any atom is -0.478 e. The zero-order chi connectivity index (χ0) is 40.0. The molecule has 3 aromatic carbocycles. The smallest absolute Gasteiger partial charge is 0.336 e. The van der Waals surface area contributed by atoms with Crippen LogP contribution in [0.1, 0.15) is 43.8 Å². The third-order valence-electron chi connectivity index (χ3n) is 9.85. The maximum absolute atomic E-state index is 13.4. The highest BCUT2D eigenvalue weighted by Crippen LogP contribution is 2.43. The molecule has 0 atom stereocenters. The van der Waals surface area contributed by atoms with Gasteiger partial charge in [-0.05, 0) is 88.0 Å². The van der Waals surface area contributed by atoms with Crippen molar-refractivity contribution >= 4 is 53.5 Å². The lowest BCUT2D eigenvalue weighted by molar-refractivity contribution is -0.462. The Morgan fingerprint density at radius 1 is 0.873 bits per heavy atom. The van der Waals surface area contributed by atoms with Crippen LogP contribution in [0.25, 0.3) is 5.57 Å². The number of hydrogen-bond acceptors (Lipinski definition) is 9. The number of amides is 1. The van der Waals surface area contributed by atoms with Gasteiger partial charge in [0.2, 0.25) is 0 Å². The first-order chi connectivity index (χ1) is 26.1. The Bertz CT molecular complexity index is 2130. The zero-order valence-electron chi connectivity index (χ0n) is 31.9. The summed E-state index contributed by atoms with van der Waals surface area (Å²) >= 11 is 0. The molecule has 0 radical (unpaired) electrons. The summed E-state index contributed by atoms with van der Waals surface area (Å²) in [6, 6.07) is 14.8. The molecule has 5 rings (SSSR count). The summed E-state index contributed by atoms with van der Waals surface area (Å²) in [4.78, 5) is 49.6. The molecule has 1 aliphatic heterocycles. The number of fused-ring (bicyclic) bond motifs is 2. The minimum absolute atomic E-state index is 0.0626. The average Bonchev–Trinajstić information content (AvgIpc) is 3.14. The van der Waals surface area contributed by atoms with Gasteiger partial charge in [-0.2, -0.15) is 0 Å². The molecule has 3 aromatic rings. The van der Waals surface area contributed by atoms with Crippen molar-refractivity contribution in [2.75, 3.05) is 66.1 Å². The van der Waals surface area contributed by atoms with E-state index >= 15 is 0 Å². The number of aromatic carboxylic acids is 1. The van der Waals surface area contributed by atoms with E-state index in [1.165, 1.54) is 40.7 Å². The molecule has 0 saturated heterocycles. The van der Waals surface area contributed by atoms with Gasteiger partial charge in [-0.3, -0.25) is 25.0 Å². The van der Waals surface area contributed by atoms with Crippen LogP contribution in [0.3, 0.4) is 0 Å². The number of nitrogens with zero attached hydrogens (tertiary/aromatic N) is 4. The Morgan fingerprint density at radius 2 is 1.55 bits per heavy atom. The Hall–Kier alpha value is -5.77. The van der Waals surface area contributed by atoms with E-state index in [4.69, 9.17) is 9.47 Å². The lowest BCUT2D eigenvalue weighted by Gasteiger charge is -2.38. The lowest BCUT2D eigenvalue weighted by atomic mass is 9.86. The van der Waals surface area contributed by atoms with Crippen molar-refractivity contribution in [3.63, 3.8) is 0 Å². The van der Waals surface area contributed by atoms with Crippen LogP contribution >= 0.6 is 0 Å². The fourth-order valence-corrected chi connectivity index (χ4v) is 9.99. The number of nitro benzene ring substituents is 2. The van der Waals surface area contributed by atoms with Crippen LogP contribution in [0.4, 0.5) is 17.1 Å². The van der Waals surface area contributed by atoms with Crippen molar-refractivity contribution in [3.8, 4) is 0 Å². The molecule has 0 fully saturated rings. The van der Waals surface area contributed by atoms with E-state index in [0.29, 0.717) is 17.5 Å². The largest absolute Gasteiger partial charge is 0.478 e. The molecule has 0 aromatic heterocycles. The molecule has 1 amide bonds. The molecular weight excluding hydrogens is 723 g/mol. The molecule has 15 heteroatoms. The molecule has 55 heavy (non-hydrogen) atoms. The van der Waals surface area contributed by atoms with Crippen molar-refractivity contribution < 1.29 is 38.6 Å². The first-order valence-corrected chi connectivity index (χ1v) is 20.9. The van der Waals surface area contributed by atoms with Crippen molar-refractivity contribution in [2.45, 2.75) is 25.9 Å². The van der Waals surface area contributed by atoms with Crippen LogP contribution in [0.2, 0.25) is 13.1 Å². The van der Waals surface area contributed by atoms with Gasteiger partial charge < -0.3 is 24.8 Å². The summed E-state index contributed by atoms with van der Waals surface area (Å²) in [5.74, 6) is -1.47. The second-order valence-corrected chi connectivity index (χ2v) is 18.5. The topological polar surface area (TPSA) is 177 Å². The number of carboxylic acid groups (broad SMARTS) is 1. The fourth-order valence-electron chi connectivity index (χ4n) is 6.92. The minimum atomic E-state index is -2.27. The van der Waals surface area contributed by atoms with E-state index in [-0.39, 0.29) is 67.8 Å². The summed E-state index contributed by atoms with van der Waals surface area (Å²) in [5, 5.41) is 38.3. The molecule has 2 aliphatic rings. The van der Waals surface area contributed by atoms with Crippen molar-refractivity contribution in [3.05, 3.63) is 132 Å². The normalized spacial score (nSPS) is 14.1. The van der Waals surface area contributed by atoms with Crippen LogP contribution in [0, 0.1) is 20.2 Å². The predicted molar refractivity (Wildman–Crippen MR) is 214 cm³/mol. The highest BCUT2D eigenvalue weighted by atomic mass is 28.3. The van der Waals surface area contributed by atoms with E-state index in [2.05, 4.69) is 52.2 Å².